The van der Waals surface area contributed by atoms with E-state index in [2.05, 4.69) is 20.5 Å². The summed E-state index contributed by atoms with van der Waals surface area (Å²) >= 11 is 0. The summed E-state index contributed by atoms with van der Waals surface area (Å²) in [4.78, 5) is 4.33. The highest BCUT2D eigenvalue weighted by Gasteiger charge is 1.99. The van der Waals surface area contributed by atoms with Crippen LogP contribution in [0, 0.1) is 13.8 Å². The third kappa shape index (κ3) is 5.74. The van der Waals surface area contributed by atoms with Crippen LogP contribution in [-0.4, -0.2) is 22.7 Å². The molecule has 0 atom stereocenters. The van der Waals surface area contributed by atoms with Crippen LogP contribution in [0.1, 0.15) is 23.2 Å². The summed E-state index contributed by atoms with van der Waals surface area (Å²) in [5.74, 6) is 0.458. The molecule has 1 aromatic heterocycles. The second kappa shape index (κ2) is 8.66. The number of nitrogens with one attached hydrogen (secondary N) is 2. The molecular weight excluding hydrogens is 377 g/mol. The summed E-state index contributed by atoms with van der Waals surface area (Å²) in [6, 6.07) is 8.06. The zero-order valence-corrected chi connectivity index (χ0v) is 14.7. The highest BCUT2D eigenvalue weighted by atomic mass is 127. The van der Waals surface area contributed by atoms with Gasteiger partial charge in [0.25, 0.3) is 0 Å². The van der Waals surface area contributed by atoms with Gasteiger partial charge in [0.15, 0.2) is 5.96 Å². The lowest BCUT2D eigenvalue weighted by atomic mass is 10.1. The van der Waals surface area contributed by atoms with Gasteiger partial charge < -0.3 is 11.1 Å². The molecule has 5 nitrogen and oxygen atoms in total. The molecule has 0 radical (unpaired) electrons. The van der Waals surface area contributed by atoms with Crippen molar-refractivity contribution >= 4 is 35.6 Å². The van der Waals surface area contributed by atoms with Crippen LogP contribution in [0.4, 0.5) is 5.69 Å². The third-order valence-electron chi connectivity index (χ3n) is 3.11. The number of H-pyrrole nitrogens is 1. The van der Waals surface area contributed by atoms with Gasteiger partial charge in [-0.15, -0.1) is 24.0 Å². The molecule has 4 N–H and O–H groups in total. The summed E-state index contributed by atoms with van der Waals surface area (Å²) in [5.41, 5.74) is 10.4. The number of halogens is 1. The van der Waals surface area contributed by atoms with Gasteiger partial charge in [0, 0.05) is 17.9 Å². The first-order valence-corrected chi connectivity index (χ1v) is 6.77. The second-order valence-electron chi connectivity index (χ2n) is 4.89. The molecule has 0 fully saturated rings. The minimum atomic E-state index is 0. The lowest BCUT2D eigenvalue weighted by Crippen LogP contribution is -2.22. The standard InChI is InChI=1S/C15H21N5.HI/c1-11-5-3-7-14(9-11)19-15(16)17-8-4-6-13-10-18-20-12(13)2;/h3,5,7,9-10H,4,6,8H2,1-2H3,(H,18,20)(H3,16,17,19);1H. The van der Waals surface area contributed by atoms with Gasteiger partial charge in [0.1, 0.15) is 0 Å². The average Bonchev–Trinajstić information content (AvgIpc) is 2.80. The maximum absolute atomic E-state index is 5.87. The van der Waals surface area contributed by atoms with Gasteiger partial charge in [-0.2, -0.15) is 5.10 Å². The first-order valence-electron chi connectivity index (χ1n) is 6.77. The number of benzene rings is 1. The van der Waals surface area contributed by atoms with E-state index in [4.69, 9.17) is 5.73 Å². The topological polar surface area (TPSA) is 79.1 Å². The molecule has 0 spiro atoms. The maximum atomic E-state index is 5.87. The highest BCUT2D eigenvalue weighted by molar-refractivity contribution is 14.0. The van der Waals surface area contributed by atoms with Crippen molar-refractivity contribution in [1.82, 2.24) is 10.2 Å². The van der Waals surface area contributed by atoms with Crippen molar-refractivity contribution in [1.29, 1.82) is 0 Å². The van der Waals surface area contributed by atoms with Crippen LogP contribution >= 0.6 is 24.0 Å². The summed E-state index contributed by atoms with van der Waals surface area (Å²) in [5, 5.41) is 10.0. The molecule has 21 heavy (non-hydrogen) atoms. The largest absolute Gasteiger partial charge is 0.370 e. The zero-order valence-electron chi connectivity index (χ0n) is 12.4. The van der Waals surface area contributed by atoms with Crippen LogP contribution in [0.25, 0.3) is 0 Å². The molecule has 0 saturated heterocycles. The average molecular weight is 399 g/mol. The molecule has 0 aliphatic rings. The molecule has 0 aliphatic heterocycles. The van der Waals surface area contributed by atoms with Gasteiger partial charge in [-0.05, 0) is 49.9 Å². The summed E-state index contributed by atoms with van der Waals surface area (Å²) < 4.78 is 0. The fourth-order valence-electron chi connectivity index (χ4n) is 2.01. The molecule has 0 amide bonds. The predicted molar refractivity (Wildman–Crippen MR) is 98.4 cm³/mol. The molecular formula is C15H22IN5. The predicted octanol–water partition coefficient (Wildman–Crippen LogP) is 3.00. The number of nitrogens with two attached hydrogens (primary N) is 1. The second-order valence-corrected chi connectivity index (χ2v) is 4.89. The fraction of sp³-hybridized carbons (Fsp3) is 0.333. The van der Waals surface area contributed by atoms with E-state index in [0.717, 1.165) is 24.2 Å². The molecule has 0 unspecified atom stereocenters. The number of anilines is 1. The first-order chi connectivity index (χ1) is 9.65. The molecule has 0 aliphatic carbocycles. The van der Waals surface area contributed by atoms with Crippen LogP contribution in [0.5, 0.6) is 0 Å². The Balaban J connectivity index is 0.00000220. The van der Waals surface area contributed by atoms with Crippen LogP contribution < -0.4 is 11.1 Å². The number of rotatable bonds is 5. The smallest absolute Gasteiger partial charge is 0.193 e. The number of nitrogens with zero attached hydrogens (tertiary/aromatic N) is 2. The Morgan fingerprint density at radius 2 is 2.19 bits per heavy atom. The van der Waals surface area contributed by atoms with Crippen LogP contribution in [0.3, 0.4) is 0 Å². The van der Waals surface area contributed by atoms with Gasteiger partial charge in [0.2, 0.25) is 0 Å². The van der Waals surface area contributed by atoms with E-state index < -0.39 is 0 Å². The van der Waals surface area contributed by atoms with Crippen molar-refractivity contribution < 1.29 is 0 Å². The van der Waals surface area contributed by atoms with Crippen molar-refractivity contribution in [3.8, 4) is 0 Å². The number of aliphatic imine (C=N–C) groups is 1. The number of aromatic amines is 1. The van der Waals surface area contributed by atoms with Gasteiger partial charge in [0.05, 0.1) is 6.20 Å². The molecule has 1 aromatic carbocycles. The Hall–Kier alpha value is -1.57. The van der Waals surface area contributed by atoms with Crippen molar-refractivity contribution in [3.05, 3.63) is 47.3 Å². The van der Waals surface area contributed by atoms with E-state index in [9.17, 15) is 0 Å². The minimum absolute atomic E-state index is 0. The SMILES string of the molecule is Cc1cccc(NC(N)=NCCCc2cn[nH]c2C)c1.I. The van der Waals surface area contributed by atoms with E-state index in [1.807, 2.05) is 44.3 Å². The number of guanidine groups is 1. The molecule has 6 heteroatoms. The maximum Gasteiger partial charge on any atom is 0.193 e. The Kier molecular flexibility index (Phi) is 7.21. The van der Waals surface area contributed by atoms with E-state index >= 15 is 0 Å². The first kappa shape index (κ1) is 17.5. The molecule has 1 heterocycles. The van der Waals surface area contributed by atoms with E-state index in [-0.39, 0.29) is 24.0 Å². The van der Waals surface area contributed by atoms with Gasteiger partial charge in [-0.25, -0.2) is 0 Å². The number of aryl methyl sites for hydroxylation is 3. The Morgan fingerprint density at radius 1 is 1.38 bits per heavy atom. The van der Waals surface area contributed by atoms with E-state index in [1.165, 1.54) is 11.1 Å². The lowest BCUT2D eigenvalue weighted by Gasteiger charge is -2.06. The van der Waals surface area contributed by atoms with Crippen molar-refractivity contribution in [2.24, 2.45) is 10.7 Å². The van der Waals surface area contributed by atoms with Crippen LogP contribution in [-0.2, 0) is 6.42 Å². The van der Waals surface area contributed by atoms with Gasteiger partial charge in [-0.3, -0.25) is 10.1 Å². The molecule has 114 valence electrons. The number of aromatic nitrogens is 2. The summed E-state index contributed by atoms with van der Waals surface area (Å²) in [6.45, 7) is 4.78. The van der Waals surface area contributed by atoms with Gasteiger partial charge >= 0.3 is 0 Å². The normalized spacial score (nSPS) is 11.0. The number of hydrogen-bond donors (Lipinski definition) is 3. The highest BCUT2D eigenvalue weighted by Crippen LogP contribution is 2.09. The van der Waals surface area contributed by atoms with Crippen molar-refractivity contribution in [2.45, 2.75) is 26.7 Å². The minimum Gasteiger partial charge on any atom is -0.370 e. The summed E-state index contributed by atoms with van der Waals surface area (Å²) in [7, 11) is 0. The lowest BCUT2D eigenvalue weighted by molar-refractivity contribution is 0.828. The van der Waals surface area contributed by atoms with E-state index in [1.54, 1.807) is 0 Å². The molecule has 0 bridgehead atoms. The Labute approximate surface area is 142 Å². The monoisotopic (exact) mass is 399 g/mol. The molecule has 2 rings (SSSR count). The fourth-order valence-corrected chi connectivity index (χ4v) is 2.01. The van der Waals surface area contributed by atoms with Gasteiger partial charge in [-0.1, -0.05) is 12.1 Å². The Bertz CT molecular complexity index is 591. The quantitative estimate of drug-likeness (QED) is 0.313. The van der Waals surface area contributed by atoms with E-state index in [0.29, 0.717) is 12.5 Å². The van der Waals surface area contributed by atoms with Crippen molar-refractivity contribution in [2.75, 3.05) is 11.9 Å². The zero-order chi connectivity index (χ0) is 14.4. The summed E-state index contributed by atoms with van der Waals surface area (Å²) in [6.07, 6.45) is 3.79. The molecule has 2 aromatic rings. The van der Waals surface area contributed by atoms with Crippen LogP contribution in [0.2, 0.25) is 0 Å². The Morgan fingerprint density at radius 3 is 2.86 bits per heavy atom. The van der Waals surface area contributed by atoms with Crippen LogP contribution in [0.15, 0.2) is 35.5 Å². The molecule has 0 saturated carbocycles. The number of hydrogen-bond acceptors (Lipinski definition) is 2. The van der Waals surface area contributed by atoms with Crippen molar-refractivity contribution in [3.63, 3.8) is 0 Å². The third-order valence-corrected chi connectivity index (χ3v) is 3.11.